The molecule has 0 spiro atoms. The Balaban J connectivity index is 1.45. The number of nitrogens with zero attached hydrogens (tertiary/aromatic N) is 2. The summed E-state index contributed by atoms with van der Waals surface area (Å²) in [4.78, 5) is 29.7. The molecular weight excluding hydrogens is 399 g/mol. The number of nitrogens with one attached hydrogen (secondary N) is 1. The van der Waals surface area contributed by atoms with Crippen molar-refractivity contribution < 1.29 is 22.7 Å². The molecule has 1 fully saturated rings. The van der Waals surface area contributed by atoms with Crippen LogP contribution >= 0.6 is 0 Å². The third-order valence-corrected chi connectivity index (χ3v) is 4.74. The molecule has 4 rings (SSSR count). The number of para-hydroxylation sites is 1. The third kappa shape index (κ3) is 4.61. The van der Waals surface area contributed by atoms with Crippen LogP contribution < -0.4 is 15.6 Å². The first kappa shape index (κ1) is 19.9. The molecule has 1 aliphatic rings. The number of benzene rings is 2. The number of fused-ring (bicyclic) bond motifs is 1. The Hall–Kier alpha value is -3.36. The SMILES string of the molecule is O=C(CCc1nc2ccccc2c(=O)n1C1CC1)Nc1ccc(OC(F)(F)F)cc1. The number of aryl methyl sites for hydroxylation is 1. The van der Waals surface area contributed by atoms with E-state index in [9.17, 15) is 22.8 Å². The van der Waals surface area contributed by atoms with Gasteiger partial charge in [-0.05, 0) is 49.2 Å². The highest BCUT2D eigenvalue weighted by Gasteiger charge is 2.31. The highest BCUT2D eigenvalue weighted by atomic mass is 19.4. The molecule has 0 atom stereocenters. The van der Waals surface area contributed by atoms with Crippen LogP contribution in [0.5, 0.6) is 5.75 Å². The van der Waals surface area contributed by atoms with E-state index in [0.717, 1.165) is 25.0 Å². The fourth-order valence-electron chi connectivity index (χ4n) is 3.27. The minimum Gasteiger partial charge on any atom is -0.406 e. The third-order valence-electron chi connectivity index (χ3n) is 4.74. The largest absolute Gasteiger partial charge is 0.573 e. The molecule has 1 aromatic heterocycles. The molecule has 1 N–H and O–H groups in total. The average molecular weight is 417 g/mol. The lowest BCUT2D eigenvalue weighted by Crippen LogP contribution is -2.25. The number of carbonyl (C=O) groups excluding carboxylic acids is 1. The van der Waals surface area contributed by atoms with E-state index in [1.165, 1.54) is 12.1 Å². The summed E-state index contributed by atoms with van der Waals surface area (Å²) < 4.78 is 42.1. The van der Waals surface area contributed by atoms with Gasteiger partial charge in [0, 0.05) is 24.6 Å². The number of ether oxygens (including phenoxy) is 1. The van der Waals surface area contributed by atoms with E-state index >= 15 is 0 Å². The zero-order valence-electron chi connectivity index (χ0n) is 15.8. The van der Waals surface area contributed by atoms with Gasteiger partial charge in [0.15, 0.2) is 0 Å². The van der Waals surface area contributed by atoms with Gasteiger partial charge in [-0.25, -0.2) is 4.98 Å². The van der Waals surface area contributed by atoms with E-state index < -0.39 is 6.36 Å². The van der Waals surface area contributed by atoms with Crippen LogP contribution in [0.2, 0.25) is 0 Å². The lowest BCUT2D eigenvalue weighted by atomic mass is 10.2. The van der Waals surface area contributed by atoms with Crippen LogP contribution in [0.3, 0.4) is 0 Å². The summed E-state index contributed by atoms with van der Waals surface area (Å²) in [6.45, 7) is 0. The molecule has 0 saturated heterocycles. The second-order valence-electron chi connectivity index (χ2n) is 7.07. The van der Waals surface area contributed by atoms with Gasteiger partial charge in [-0.3, -0.25) is 14.2 Å². The maximum Gasteiger partial charge on any atom is 0.573 e. The van der Waals surface area contributed by atoms with Crippen LogP contribution in [0.4, 0.5) is 18.9 Å². The number of amides is 1. The fourth-order valence-corrected chi connectivity index (χ4v) is 3.27. The molecule has 0 radical (unpaired) electrons. The number of aromatic nitrogens is 2. The molecular formula is C21H18F3N3O3. The highest BCUT2D eigenvalue weighted by molar-refractivity contribution is 5.90. The smallest absolute Gasteiger partial charge is 0.406 e. The van der Waals surface area contributed by atoms with Crippen LogP contribution in [0, 0.1) is 0 Å². The Morgan fingerprint density at radius 3 is 2.50 bits per heavy atom. The number of hydrogen-bond donors (Lipinski definition) is 1. The van der Waals surface area contributed by atoms with Gasteiger partial charge in [-0.2, -0.15) is 0 Å². The van der Waals surface area contributed by atoms with Crippen molar-refractivity contribution in [2.45, 2.75) is 38.1 Å². The second kappa shape index (κ2) is 7.81. The van der Waals surface area contributed by atoms with Crippen LogP contribution in [0.15, 0.2) is 53.3 Å². The average Bonchev–Trinajstić information content (AvgIpc) is 3.52. The van der Waals surface area contributed by atoms with Crippen molar-refractivity contribution in [1.29, 1.82) is 0 Å². The fraction of sp³-hybridized carbons (Fsp3) is 0.286. The summed E-state index contributed by atoms with van der Waals surface area (Å²) in [5.74, 6) is -0.135. The topological polar surface area (TPSA) is 73.2 Å². The van der Waals surface area contributed by atoms with Gasteiger partial charge in [0.2, 0.25) is 5.91 Å². The van der Waals surface area contributed by atoms with Gasteiger partial charge in [-0.1, -0.05) is 12.1 Å². The quantitative estimate of drug-likeness (QED) is 0.653. The zero-order chi connectivity index (χ0) is 21.3. The minimum absolute atomic E-state index is 0.0816. The number of hydrogen-bond acceptors (Lipinski definition) is 4. The van der Waals surface area contributed by atoms with Crippen molar-refractivity contribution in [2.75, 3.05) is 5.32 Å². The van der Waals surface area contributed by atoms with Gasteiger partial charge in [0.1, 0.15) is 11.6 Å². The highest BCUT2D eigenvalue weighted by Crippen LogP contribution is 2.35. The molecule has 30 heavy (non-hydrogen) atoms. The molecule has 1 aliphatic carbocycles. The maximum absolute atomic E-state index is 12.8. The standard InChI is InChI=1S/C21H18F3N3O3/c22-21(23,24)30-15-9-5-13(6-10-15)25-19(28)12-11-18-26-17-4-2-1-3-16(17)20(29)27(18)14-7-8-14/h1-6,9-10,14H,7-8,11-12H2,(H,25,28). The molecule has 3 aromatic rings. The predicted octanol–water partition coefficient (Wildman–Crippen LogP) is 4.20. The first-order chi connectivity index (χ1) is 14.3. The molecule has 1 amide bonds. The van der Waals surface area contributed by atoms with Gasteiger partial charge in [0.05, 0.1) is 10.9 Å². The van der Waals surface area contributed by atoms with Crippen LogP contribution in [0.25, 0.3) is 10.9 Å². The molecule has 156 valence electrons. The molecule has 0 aliphatic heterocycles. The Labute approximate surface area is 169 Å². The molecule has 0 unspecified atom stereocenters. The normalized spacial score (nSPS) is 14.0. The first-order valence-electron chi connectivity index (χ1n) is 9.46. The van der Waals surface area contributed by atoms with Crippen molar-refractivity contribution in [3.05, 3.63) is 64.7 Å². The Morgan fingerprint density at radius 2 is 1.83 bits per heavy atom. The van der Waals surface area contributed by atoms with E-state index in [4.69, 9.17) is 0 Å². The van der Waals surface area contributed by atoms with E-state index in [1.807, 2.05) is 0 Å². The summed E-state index contributed by atoms with van der Waals surface area (Å²) in [5.41, 5.74) is 0.842. The van der Waals surface area contributed by atoms with Gasteiger partial charge in [0.25, 0.3) is 5.56 Å². The Morgan fingerprint density at radius 1 is 1.13 bits per heavy atom. The van der Waals surface area contributed by atoms with Crippen molar-refractivity contribution in [2.24, 2.45) is 0 Å². The summed E-state index contributed by atoms with van der Waals surface area (Å²) in [6.07, 6.45) is -2.60. The predicted molar refractivity (Wildman–Crippen MR) is 104 cm³/mol. The monoisotopic (exact) mass is 417 g/mol. The van der Waals surface area contributed by atoms with Crippen LogP contribution in [-0.4, -0.2) is 21.8 Å². The number of anilines is 1. The maximum atomic E-state index is 12.8. The molecule has 1 heterocycles. The molecule has 9 heteroatoms. The van der Waals surface area contributed by atoms with Crippen LogP contribution in [0.1, 0.15) is 31.1 Å². The summed E-state index contributed by atoms with van der Waals surface area (Å²) >= 11 is 0. The van der Waals surface area contributed by atoms with Gasteiger partial charge < -0.3 is 10.1 Å². The van der Waals surface area contributed by atoms with Crippen LogP contribution in [-0.2, 0) is 11.2 Å². The molecule has 0 bridgehead atoms. The lowest BCUT2D eigenvalue weighted by molar-refractivity contribution is -0.274. The van der Waals surface area contributed by atoms with E-state index in [0.29, 0.717) is 22.4 Å². The first-order valence-corrected chi connectivity index (χ1v) is 9.46. The molecule has 2 aromatic carbocycles. The number of halogens is 3. The summed E-state index contributed by atoms with van der Waals surface area (Å²) in [6, 6.07) is 12.1. The number of carbonyl (C=O) groups is 1. The van der Waals surface area contributed by atoms with Gasteiger partial charge in [-0.15, -0.1) is 13.2 Å². The lowest BCUT2D eigenvalue weighted by Gasteiger charge is -2.13. The van der Waals surface area contributed by atoms with Crippen molar-refractivity contribution in [1.82, 2.24) is 9.55 Å². The van der Waals surface area contributed by atoms with Crippen molar-refractivity contribution in [3.8, 4) is 5.75 Å². The second-order valence-corrected chi connectivity index (χ2v) is 7.07. The zero-order valence-corrected chi connectivity index (χ0v) is 15.8. The Kier molecular flexibility index (Phi) is 5.19. The number of alkyl halides is 3. The summed E-state index contributed by atoms with van der Waals surface area (Å²) in [5, 5.41) is 3.18. The van der Waals surface area contributed by atoms with E-state index in [2.05, 4.69) is 15.0 Å². The van der Waals surface area contributed by atoms with E-state index in [1.54, 1.807) is 28.8 Å². The summed E-state index contributed by atoms with van der Waals surface area (Å²) in [7, 11) is 0. The van der Waals surface area contributed by atoms with Crippen molar-refractivity contribution >= 4 is 22.5 Å². The molecule has 1 saturated carbocycles. The van der Waals surface area contributed by atoms with E-state index in [-0.39, 0.29) is 36.1 Å². The Bertz CT molecular complexity index is 1140. The molecule has 6 nitrogen and oxygen atoms in total. The van der Waals surface area contributed by atoms with Gasteiger partial charge >= 0.3 is 6.36 Å². The minimum atomic E-state index is -4.77. The van der Waals surface area contributed by atoms with Crippen molar-refractivity contribution in [3.63, 3.8) is 0 Å². The number of rotatable bonds is 6.